The predicted molar refractivity (Wildman–Crippen MR) is 158 cm³/mol. The van der Waals surface area contributed by atoms with E-state index >= 15 is 0 Å². The molecule has 0 radical (unpaired) electrons. The largest absolute Gasteiger partial charge is 0.352 e. The maximum Gasteiger partial charge on any atom is 0.294 e. The summed E-state index contributed by atoms with van der Waals surface area (Å²) in [6.07, 6.45) is 3.10. The van der Waals surface area contributed by atoms with Crippen LogP contribution in [0.15, 0.2) is 58.3 Å². The van der Waals surface area contributed by atoms with Gasteiger partial charge in [0.2, 0.25) is 5.91 Å². The molecule has 2 unspecified atom stereocenters. The lowest BCUT2D eigenvalue weighted by molar-refractivity contribution is -0.120. The summed E-state index contributed by atoms with van der Waals surface area (Å²) in [6, 6.07) is 12.9. The first-order valence-electron chi connectivity index (χ1n) is 13.8. The highest BCUT2D eigenvalue weighted by Crippen LogP contribution is 2.37. The number of rotatable bonds is 10. The number of nitrogens with zero attached hydrogens (tertiary/aromatic N) is 1. The zero-order chi connectivity index (χ0) is 30.1. The molecule has 222 valence electrons. The molecule has 0 aliphatic carbocycles. The molecule has 0 spiro atoms. The maximum absolute atomic E-state index is 13.0. The number of nitrogens with one attached hydrogen (secondary N) is 1. The fourth-order valence-corrected chi connectivity index (χ4v) is 7.64. The Morgan fingerprint density at radius 3 is 1.88 bits per heavy atom. The van der Waals surface area contributed by atoms with E-state index in [9.17, 15) is 26.2 Å². The highest BCUT2D eigenvalue weighted by Gasteiger charge is 2.43. The van der Waals surface area contributed by atoms with Crippen molar-refractivity contribution in [3.05, 3.63) is 59.7 Å². The number of amides is 1. The summed E-state index contributed by atoms with van der Waals surface area (Å²) in [5.74, 6) is -0.800. The van der Waals surface area contributed by atoms with Gasteiger partial charge in [0.15, 0.2) is 9.84 Å². The van der Waals surface area contributed by atoms with Crippen LogP contribution in [0.5, 0.6) is 0 Å². The number of hydrogen-bond acceptors (Lipinski definition) is 6. The third kappa shape index (κ3) is 7.72. The molecule has 2 aromatic carbocycles. The van der Waals surface area contributed by atoms with Crippen LogP contribution in [0.25, 0.3) is 0 Å². The average Bonchev–Trinajstić information content (AvgIpc) is 2.84. The third-order valence-corrected chi connectivity index (χ3v) is 11.1. The van der Waals surface area contributed by atoms with Crippen molar-refractivity contribution in [2.45, 2.75) is 106 Å². The Labute approximate surface area is 240 Å². The zero-order valence-corrected chi connectivity index (χ0v) is 26.3. The van der Waals surface area contributed by atoms with E-state index in [0.29, 0.717) is 0 Å². The van der Waals surface area contributed by atoms with Gasteiger partial charge in [0.05, 0.1) is 9.79 Å². The molecule has 3 rings (SSSR count). The predicted octanol–water partition coefficient (Wildman–Crippen LogP) is 5.16. The molecule has 40 heavy (non-hydrogen) atoms. The summed E-state index contributed by atoms with van der Waals surface area (Å²) in [5.41, 5.74) is 1.71. The van der Waals surface area contributed by atoms with Crippen molar-refractivity contribution in [1.29, 1.82) is 0 Å². The van der Waals surface area contributed by atoms with Crippen LogP contribution in [0.3, 0.4) is 0 Å². The van der Waals surface area contributed by atoms with E-state index in [1.54, 1.807) is 36.4 Å². The molecule has 10 heteroatoms. The van der Waals surface area contributed by atoms with Crippen molar-refractivity contribution in [3.8, 4) is 0 Å². The monoisotopic (exact) mass is 592 g/mol. The standard InChI is InChI=1S/C30H44N2O6S2/c1-8-22(24-11-15-27(16-12-24)40(36,37)38)17-21(2)23-9-13-26(14-10-23)39(34,35)20-28(33)31-25-18-29(3,4)32(7)30(5,6)19-25/h9-16,21-22,25H,8,17-20H2,1-7H3,(H,31,33)(H,36,37,38). The Kier molecular flexibility index (Phi) is 9.61. The number of carbonyl (C=O) groups is 1. The van der Waals surface area contributed by atoms with E-state index in [0.717, 1.165) is 36.8 Å². The quantitative estimate of drug-likeness (QED) is 0.366. The van der Waals surface area contributed by atoms with Gasteiger partial charge in [0, 0.05) is 17.1 Å². The topological polar surface area (TPSA) is 121 Å². The van der Waals surface area contributed by atoms with Crippen LogP contribution in [-0.4, -0.2) is 62.1 Å². The van der Waals surface area contributed by atoms with Gasteiger partial charge in [-0.2, -0.15) is 8.42 Å². The first-order valence-corrected chi connectivity index (χ1v) is 16.9. The second-order valence-corrected chi connectivity index (χ2v) is 15.9. The molecule has 1 fully saturated rings. The van der Waals surface area contributed by atoms with Gasteiger partial charge < -0.3 is 5.32 Å². The summed E-state index contributed by atoms with van der Waals surface area (Å²) < 4.78 is 58.0. The molecule has 1 aliphatic rings. The van der Waals surface area contributed by atoms with Gasteiger partial charge in [0.1, 0.15) is 5.75 Å². The van der Waals surface area contributed by atoms with E-state index in [-0.39, 0.29) is 38.7 Å². The van der Waals surface area contributed by atoms with Crippen molar-refractivity contribution < 1.29 is 26.2 Å². The molecule has 0 aromatic heterocycles. The van der Waals surface area contributed by atoms with Gasteiger partial charge in [-0.05, 0) is 108 Å². The van der Waals surface area contributed by atoms with Crippen molar-refractivity contribution in [2.75, 3.05) is 12.8 Å². The third-order valence-electron chi connectivity index (χ3n) is 8.58. The van der Waals surface area contributed by atoms with Gasteiger partial charge in [0.25, 0.3) is 10.1 Å². The van der Waals surface area contributed by atoms with Crippen LogP contribution in [-0.2, 0) is 24.7 Å². The van der Waals surface area contributed by atoms with Gasteiger partial charge >= 0.3 is 0 Å². The minimum Gasteiger partial charge on any atom is -0.352 e. The highest BCUT2D eigenvalue weighted by atomic mass is 32.2. The smallest absolute Gasteiger partial charge is 0.294 e. The SMILES string of the molecule is CCC(CC(C)c1ccc(S(=O)(=O)CC(=O)NC2CC(C)(C)N(C)C(C)(C)C2)cc1)c1ccc(S(=O)(=O)O)cc1. The molecular formula is C30H44N2O6S2. The first-order chi connectivity index (χ1) is 18.4. The van der Waals surface area contributed by atoms with Crippen LogP contribution in [0.1, 0.15) is 90.2 Å². The molecule has 1 amide bonds. The average molecular weight is 593 g/mol. The van der Waals surface area contributed by atoms with Crippen LogP contribution in [0.4, 0.5) is 0 Å². The van der Waals surface area contributed by atoms with Crippen LogP contribution < -0.4 is 5.32 Å². The second-order valence-electron chi connectivity index (χ2n) is 12.5. The Morgan fingerprint density at radius 2 is 1.40 bits per heavy atom. The minimum atomic E-state index is -4.24. The normalized spacial score (nSPS) is 19.6. The molecule has 8 nitrogen and oxygen atoms in total. The molecule has 0 saturated carbocycles. The van der Waals surface area contributed by atoms with Crippen LogP contribution in [0, 0.1) is 0 Å². The number of likely N-dealkylation sites (tertiary alicyclic amines) is 1. The summed E-state index contributed by atoms with van der Waals surface area (Å²) >= 11 is 0. The number of hydrogen-bond donors (Lipinski definition) is 2. The lowest BCUT2D eigenvalue weighted by Gasteiger charge is -2.53. The summed E-state index contributed by atoms with van der Waals surface area (Å²) in [5, 5.41) is 2.97. The number of piperidine rings is 1. The molecule has 2 N–H and O–H groups in total. The number of carbonyl (C=O) groups excluding carboxylic acids is 1. The van der Waals surface area contributed by atoms with E-state index in [1.807, 2.05) is 0 Å². The van der Waals surface area contributed by atoms with Crippen molar-refractivity contribution in [1.82, 2.24) is 10.2 Å². The van der Waals surface area contributed by atoms with Crippen molar-refractivity contribution >= 4 is 25.9 Å². The minimum absolute atomic E-state index is 0.0946. The summed E-state index contributed by atoms with van der Waals surface area (Å²) in [6.45, 7) is 12.7. The molecular weight excluding hydrogens is 548 g/mol. The van der Waals surface area contributed by atoms with E-state index in [1.165, 1.54) is 12.1 Å². The lowest BCUT2D eigenvalue weighted by atomic mass is 9.77. The lowest BCUT2D eigenvalue weighted by Crippen LogP contribution is -2.62. The summed E-state index contributed by atoms with van der Waals surface area (Å²) in [7, 11) is -5.95. The Hall–Kier alpha value is -2.27. The van der Waals surface area contributed by atoms with Crippen molar-refractivity contribution in [2.24, 2.45) is 0 Å². The Bertz CT molecular complexity index is 1380. The van der Waals surface area contributed by atoms with Gasteiger partial charge in [-0.25, -0.2) is 8.42 Å². The molecule has 0 bridgehead atoms. The zero-order valence-electron chi connectivity index (χ0n) is 24.6. The van der Waals surface area contributed by atoms with Gasteiger partial charge in [-0.3, -0.25) is 14.2 Å². The van der Waals surface area contributed by atoms with Crippen molar-refractivity contribution in [3.63, 3.8) is 0 Å². The number of benzene rings is 2. The second kappa shape index (κ2) is 11.9. The van der Waals surface area contributed by atoms with E-state index in [4.69, 9.17) is 0 Å². The highest BCUT2D eigenvalue weighted by molar-refractivity contribution is 7.92. The molecule has 1 saturated heterocycles. The Balaban J connectivity index is 1.64. The first kappa shape index (κ1) is 32.2. The van der Waals surface area contributed by atoms with Gasteiger partial charge in [-0.1, -0.05) is 38.1 Å². The molecule has 2 atom stereocenters. The summed E-state index contributed by atoms with van der Waals surface area (Å²) in [4.78, 5) is 15.1. The fraction of sp³-hybridized carbons (Fsp3) is 0.567. The molecule has 2 aromatic rings. The fourth-order valence-electron chi connectivity index (χ4n) is 6.02. The van der Waals surface area contributed by atoms with E-state index < -0.39 is 31.6 Å². The molecule has 1 heterocycles. The maximum atomic E-state index is 13.0. The van der Waals surface area contributed by atoms with Crippen LogP contribution >= 0.6 is 0 Å². The Morgan fingerprint density at radius 1 is 0.925 bits per heavy atom. The van der Waals surface area contributed by atoms with Crippen LogP contribution in [0.2, 0.25) is 0 Å². The van der Waals surface area contributed by atoms with E-state index in [2.05, 4.69) is 58.8 Å². The number of sulfone groups is 1. The van der Waals surface area contributed by atoms with Gasteiger partial charge in [-0.15, -0.1) is 0 Å². The molecule has 1 aliphatic heterocycles.